The largest absolute Gasteiger partial charge is 0.530 e. The van der Waals surface area contributed by atoms with E-state index in [1.807, 2.05) is 51.1 Å². The Morgan fingerprint density at radius 3 is 2.33 bits per heavy atom. The summed E-state index contributed by atoms with van der Waals surface area (Å²) in [4.78, 5) is 12.4. The molecule has 18 heavy (non-hydrogen) atoms. The third-order valence-corrected chi connectivity index (χ3v) is 2.79. The standard InChI is InChI=1S/C14H22N2O2/c1-14(2,3)16(13(17)18)10-12(15)9-11-7-5-4-6-8-11/h4-8,12H,9-10,15H2,1-3H3,(H,17,18)/p-1. The lowest BCUT2D eigenvalue weighted by Gasteiger charge is -2.39. The molecule has 0 heterocycles. The molecule has 100 valence electrons. The maximum absolute atomic E-state index is 11.1. The lowest BCUT2D eigenvalue weighted by molar-refractivity contribution is -0.270. The number of carboxylic acid groups (broad SMARTS) is 1. The van der Waals surface area contributed by atoms with Gasteiger partial charge in [-0.25, -0.2) is 0 Å². The number of nitrogens with zero attached hydrogens (tertiary/aromatic N) is 1. The van der Waals surface area contributed by atoms with E-state index >= 15 is 0 Å². The summed E-state index contributed by atoms with van der Waals surface area (Å²) in [5, 5.41) is 11.1. The molecular formula is C14H21N2O2-. The van der Waals surface area contributed by atoms with Gasteiger partial charge >= 0.3 is 0 Å². The van der Waals surface area contributed by atoms with Crippen LogP contribution in [0.1, 0.15) is 26.3 Å². The van der Waals surface area contributed by atoms with Gasteiger partial charge in [0.1, 0.15) is 6.09 Å². The minimum absolute atomic E-state index is 0.232. The molecule has 1 aromatic carbocycles. The molecule has 1 rings (SSSR count). The molecule has 1 atom stereocenters. The van der Waals surface area contributed by atoms with E-state index in [1.54, 1.807) is 0 Å². The van der Waals surface area contributed by atoms with Crippen molar-refractivity contribution in [1.82, 2.24) is 4.90 Å². The summed E-state index contributed by atoms with van der Waals surface area (Å²) in [6.07, 6.45) is -0.522. The molecule has 0 spiro atoms. The maximum atomic E-state index is 11.1. The molecule has 0 saturated heterocycles. The second-order valence-corrected chi connectivity index (χ2v) is 5.50. The van der Waals surface area contributed by atoms with E-state index in [1.165, 1.54) is 4.90 Å². The smallest absolute Gasteiger partial charge is 0.137 e. The van der Waals surface area contributed by atoms with Gasteiger partial charge in [0.15, 0.2) is 0 Å². The van der Waals surface area contributed by atoms with Crippen molar-refractivity contribution < 1.29 is 9.90 Å². The van der Waals surface area contributed by atoms with Crippen LogP contribution in [0.2, 0.25) is 0 Å². The summed E-state index contributed by atoms with van der Waals surface area (Å²) in [7, 11) is 0. The number of amides is 1. The summed E-state index contributed by atoms with van der Waals surface area (Å²) in [5.74, 6) is 0. The topological polar surface area (TPSA) is 69.4 Å². The van der Waals surface area contributed by atoms with Crippen LogP contribution in [0.5, 0.6) is 0 Å². The van der Waals surface area contributed by atoms with E-state index in [0.717, 1.165) is 5.56 Å². The van der Waals surface area contributed by atoms with Crippen LogP contribution in [-0.4, -0.2) is 29.1 Å². The highest BCUT2D eigenvalue weighted by Gasteiger charge is 2.23. The van der Waals surface area contributed by atoms with Gasteiger partial charge < -0.3 is 20.5 Å². The van der Waals surface area contributed by atoms with Gasteiger partial charge in [-0.1, -0.05) is 30.3 Å². The number of rotatable bonds is 4. The second kappa shape index (κ2) is 5.87. The highest BCUT2D eigenvalue weighted by atomic mass is 16.4. The predicted molar refractivity (Wildman–Crippen MR) is 70.0 cm³/mol. The first kappa shape index (κ1) is 14.5. The number of carbonyl (C=O) groups excluding carboxylic acids is 1. The lowest BCUT2D eigenvalue weighted by Crippen LogP contribution is -2.55. The van der Waals surface area contributed by atoms with Crippen LogP contribution < -0.4 is 10.8 Å². The Balaban J connectivity index is 2.63. The van der Waals surface area contributed by atoms with Gasteiger partial charge in [0.25, 0.3) is 0 Å². The summed E-state index contributed by atoms with van der Waals surface area (Å²) in [6, 6.07) is 9.58. The average molecular weight is 249 g/mol. The van der Waals surface area contributed by atoms with Crippen LogP contribution in [0.25, 0.3) is 0 Å². The molecule has 0 radical (unpaired) electrons. The van der Waals surface area contributed by atoms with Gasteiger partial charge in [0, 0.05) is 18.1 Å². The Labute approximate surface area is 108 Å². The van der Waals surface area contributed by atoms with Crippen molar-refractivity contribution in [3.63, 3.8) is 0 Å². The van der Waals surface area contributed by atoms with Crippen LogP contribution in [0.15, 0.2) is 30.3 Å². The fraction of sp³-hybridized carbons (Fsp3) is 0.500. The molecule has 4 nitrogen and oxygen atoms in total. The Bertz CT molecular complexity index is 385. The van der Waals surface area contributed by atoms with Crippen molar-refractivity contribution in [3.8, 4) is 0 Å². The Morgan fingerprint density at radius 1 is 1.33 bits per heavy atom. The van der Waals surface area contributed by atoms with Crippen molar-refractivity contribution in [2.45, 2.75) is 38.8 Å². The van der Waals surface area contributed by atoms with Crippen LogP contribution in [0.3, 0.4) is 0 Å². The SMILES string of the molecule is CC(C)(C)N(CC(N)Cc1ccccc1)C(=O)[O-]. The quantitative estimate of drug-likeness (QED) is 0.865. The molecule has 1 unspecified atom stereocenters. The predicted octanol–water partition coefficient (Wildman–Crippen LogP) is 1.00. The van der Waals surface area contributed by atoms with Crippen molar-refractivity contribution in [3.05, 3.63) is 35.9 Å². The monoisotopic (exact) mass is 249 g/mol. The first-order valence-electron chi connectivity index (χ1n) is 6.09. The maximum Gasteiger partial charge on any atom is 0.137 e. The first-order valence-corrected chi connectivity index (χ1v) is 6.09. The number of hydrogen-bond acceptors (Lipinski definition) is 3. The summed E-state index contributed by atoms with van der Waals surface area (Å²) < 4.78 is 0. The average Bonchev–Trinajstić information content (AvgIpc) is 2.25. The molecule has 0 aliphatic carbocycles. The molecule has 0 saturated carbocycles. The van der Waals surface area contributed by atoms with E-state index < -0.39 is 11.6 Å². The van der Waals surface area contributed by atoms with Crippen molar-refractivity contribution in [2.75, 3.05) is 6.54 Å². The molecule has 2 N–H and O–H groups in total. The summed E-state index contributed by atoms with van der Waals surface area (Å²) in [5.41, 5.74) is 6.62. The molecule has 1 aromatic rings. The number of benzene rings is 1. The number of nitrogens with two attached hydrogens (primary N) is 1. The zero-order valence-electron chi connectivity index (χ0n) is 11.2. The van der Waals surface area contributed by atoms with E-state index in [9.17, 15) is 9.90 Å². The van der Waals surface area contributed by atoms with Crippen LogP contribution in [0.4, 0.5) is 4.79 Å². The zero-order valence-corrected chi connectivity index (χ0v) is 11.2. The molecule has 4 heteroatoms. The zero-order chi connectivity index (χ0) is 13.8. The van der Waals surface area contributed by atoms with E-state index in [0.29, 0.717) is 6.42 Å². The van der Waals surface area contributed by atoms with Crippen molar-refractivity contribution >= 4 is 6.09 Å². The second-order valence-electron chi connectivity index (χ2n) is 5.50. The van der Waals surface area contributed by atoms with E-state index in [-0.39, 0.29) is 12.6 Å². The van der Waals surface area contributed by atoms with Gasteiger partial charge in [-0.15, -0.1) is 0 Å². The van der Waals surface area contributed by atoms with Crippen molar-refractivity contribution in [2.24, 2.45) is 5.73 Å². The Morgan fingerprint density at radius 2 is 1.89 bits per heavy atom. The van der Waals surface area contributed by atoms with E-state index in [4.69, 9.17) is 5.73 Å². The third-order valence-electron chi connectivity index (χ3n) is 2.79. The highest BCUT2D eigenvalue weighted by molar-refractivity contribution is 5.63. The van der Waals surface area contributed by atoms with Gasteiger partial charge in [-0.3, -0.25) is 0 Å². The number of carbonyl (C=O) groups is 1. The summed E-state index contributed by atoms with van der Waals surface area (Å²) in [6.45, 7) is 5.77. The van der Waals surface area contributed by atoms with Gasteiger partial charge in [0.05, 0.1) is 0 Å². The lowest BCUT2D eigenvalue weighted by atomic mass is 10.0. The number of hydrogen-bond donors (Lipinski definition) is 1. The summed E-state index contributed by atoms with van der Waals surface area (Å²) >= 11 is 0. The van der Waals surface area contributed by atoms with Crippen LogP contribution >= 0.6 is 0 Å². The van der Waals surface area contributed by atoms with Gasteiger partial charge in [-0.05, 0) is 32.8 Å². The molecule has 0 aromatic heterocycles. The minimum Gasteiger partial charge on any atom is -0.530 e. The molecule has 0 aliphatic heterocycles. The van der Waals surface area contributed by atoms with Gasteiger partial charge in [-0.2, -0.15) is 0 Å². The molecule has 0 fully saturated rings. The minimum atomic E-state index is -1.17. The molecular weight excluding hydrogens is 228 g/mol. The van der Waals surface area contributed by atoms with Gasteiger partial charge in [0.2, 0.25) is 0 Å². The fourth-order valence-corrected chi connectivity index (χ4v) is 1.84. The molecule has 0 bridgehead atoms. The Hall–Kier alpha value is -1.55. The van der Waals surface area contributed by atoms with E-state index in [2.05, 4.69) is 0 Å². The fourth-order valence-electron chi connectivity index (χ4n) is 1.84. The Kier molecular flexibility index (Phi) is 4.73. The van der Waals surface area contributed by atoms with Crippen LogP contribution in [-0.2, 0) is 6.42 Å². The highest BCUT2D eigenvalue weighted by Crippen LogP contribution is 2.13. The third kappa shape index (κ3) is 4.37. The molecule has 1 amide bonds. The normalized spacial score (nSPS) is 13.1. The first-order chi connectivity index (χ1) is 8.30. The van der Waals surface area contributed by atoms with Crippen molar-refractivity contribution in [1.29, 1.82) is 0 Å². The van der Waals surface area contributed by atoms with Crippen LogP contribution in [0, 0.1) is 0 Å². The molecule has 0 aliphatic rings.